The van der Waals surface area contributed by atoms with E-state index in [1.54, 1.807) is 29.4 Å². The van der Waals surface area contributed by atoms with Crippen LogP contribution in [0.1, 0.15) is 10.4 Å². The Morgan fingerprint density at radius 1 is 1.40 bits per heavy atom. The van der Waals surface area contributed by atoms with Crippen molar-refractivity contribution in [2.75, 3.05) is 21.2 Å². The Balaban J connectivity index is 3.01. The lowest BCUT2D eigenvalue weighted by Crippen LogP contribution is -2.07. The van der Waals surface area contributed by atoms with Gasteiger partial charge in [0, 0.05) is 14.1 Å². The van der Waals surface area contributed by atoms with Crippen LogP contribution in [0, 0.1) is 0 Å². The first kappa shape index (κ1) is 11.2. The Morgan fingerprint density at radius 3 is 2.67 bits per heavy atom. The predicted octanol–water partition coefficient (Wildman–Crippen LogP) is 1.69. The summed E-state index contributed by atoms with van der Waals surface area (Å²) in [7, 11) is 5.09. The monoisotopic (exact) mass is 206 g/mol. The molecule has 0 amide bonds. The minimum Gasteiger partial charge on any atom is -0.465 e. The van der Waals surface area contributed by atoms with E-state index in [-0.39, 0.29) is 5.97 Å². The SMILES string of the molecule is COC(=O)c1ccccc1/N=C/N(C)C. The number of carbonyl (C=O) groups excluding carboxylic acids is 1. The number of hydrogen-bond acceptors (Lipinski definition) is 3. The van der Waals surface area contributed by atoms with Gasteiger partial charge in [-0.15, -0.1) is 0 Å². The zero-order chi connectivity index (χ0) is 11.3. The van der Waals surface area contributed by atoms with Crippen LogP contribution >= 0.6 is 0 Å². The third-order valence-corrected chi connectivity index (χ3v) is 1.74. The van der Waals surface area contributed by atoms with Crippen molar-refractivity contribution in [3.63, 3.8) is 0 Å². The molecule has 0 saturated carbocycles. The van der Waals surface area contributed by atoms with Crippen LogP contribution in [0.3, 0.4) is 0 Å². The minimum absolute atomic E-state index is 0.374. The molecule has 1 aromatic rings. The number of benzene rings is 1. The van der Waals surface area contributed by atoms with Crippen molar-refractivity contribution in [3.8, 4) is 0 Å². The van der Waals surface area contributed by atoms with Crippen LogP contribution in [0.5, 0.6) is 0 Å². The van der Waals surface area contributed by atoms with Crippen molar-refractivity contribution < 1.29 is 9.53 Å². The van der Waals surface area contributed by atoms with E-state index in [1.165, 1.54) is 7.11 Å². The number of nitrogens with zero attached hydrogens (tertiary/aromatic N) is 2. The molecule has 4 nitrogen and oxygen atoms in total. The minimum atomic E-state index is -0.374. The molecule has 0 radical (unpaired) electrons. The molecule has 0 atom stereocenters. The second-order valence-electron chi connectivity index (χ2n) is 3.22. The van der Waals surface area contributed by atoms with Crippen LogP contribution < -0.4 is 0 Å². The van der Waals surface area contributed by atoms with E-state index in [0.29, 0.717) is 11.3 Å². The number of carbonyl (C=O) groups is 1. The fourth-order valence-electron chi connectivity index (χ4n) is 1.05. The maximum Gasteiger partial charge on any atom is 0.340 e. The van der Waals surface area contributed by atoms with Gasteiger partial charge >= 0.3 is 5.97 Å². The summed E-state index contributed by atoms with van der Waals surface area (Å²) in [5, 5.41) is 0. The van der Waals surface area contributed by atoms with Crippen molar-refractivity contribution in [1.82, 2.24) is 4.90 Å². The van der Waals surface area contributed by atoms with Gasteiger partial charge in [-0.25, -0.2) is 9.79 Å². The van der Waals surface area contributed by atoms with E-state index in [9.17, 15) is 4.79 Å². The number of ether oxygens (including phenoxy) is 1. The third-order valence-electron chi connectivity index (χ3n) is 1.74. The zero-order valence-electron chi connectivity index (χ0n) is 9.10. The summed E-state index contributed by atoms with van der Waals surface area (Å²) < 4.78 is 4.66. The zero-order valence-corrected chi connectivity index (χ0v) is 9.10. The molecule has 0 heterocycles. The molecule has 0 aliphatic carbocycles. The summed E-state index contributed by atoms with van der Waals surface area (Å²) >= 11 is 0. The Morgan fingerprint density at radius 2 is 2.07 bits per heavy atom. The molecule has 0 bridgehead atoms. The van der Waals surface area contributed by atoms with Crippen molar-refractivity contribution in [2.24, 2.45) is 4.99 Å². The molecule has 0 spiro atoms. The molecular weight excluding hydrogens is 192 g/mol. The van der Waals surface area contributed by atoms with Crippen molar-refractivity contribution in [1.29, 1.82) is 0 Å². The number of hydrogen-bond donors (Lipinski definition) is 0. The summed E-state index contributed by atoms with van der Waals surface area (Å²) in [4.78, 5) is 17.3. The quantitative estimate of drug-likeness (QED) is 0.429. The molecular formula is C11H14N2O2. The van der Waals surface area contributed by atoms with E-state index in [0.717, 1.165) is 0 Å². The lowest BCUT2D eigenvalue weighted by Gasteiger charge is -2.05. The smallest absolute Gasteiger partial charge is 0.340 e. The van der Waals surface area contributed by atoms with E-state index >= 15 is 0 Å². The normalized spacial score (nSPS) is 10.3. The molecule has 0 unspecified atom stereocenters. The van der Waals surface area contributed by atoms with Crippen LogP contribution in [-0.4, -0.2) is 38.4 Å². The van der Waals surface area contributed by atoms with Gasteiger partial charge in [-0.2, -0.15) is 0 Å². The van der Waals surface area contributed by atoms with Gasteiger partial charge in [0.15, 0.2) is 0 Å². The van der Waals surface area contributed by atoms with Crippen molar-refractivity contribution in [3.05, 3.63) is 29.8 Å². The number of aliphatic imine (C=N–C) groups is 1. The maximum atomic E-state index is 11.4. The van der Waals surface area contributed by atoms with Crippen LogP contribution in [-0.2, 0) is 4.74 Å². The molecule has 0 N–H and O–H groups in total. The van der Waals surface area contributed by atoms with Gasteiger partial charge in [0.1, 0.15) is 0 Å². The Kier molecular flexibility index (Phi) is 3.85. The Bertz CT molecular complexity index is 373. The average molecular weight is 206 g/mol. The van der Waals surface area contributed by atoms with Crippen molar-refractivity contribution in [2.45, 2.75) is 0 Å². The molecule has 0 fully saturated rings. The highest BCUT2D eigenvalue weighted by molar-refractivity contribution is 5.95. The van der Waals surface area contributed by atoms with Crippen LogP contribution in [0.4, 0.5) is 5.69 Å². The molecule has 1 rings (SSSR count). The van der Waals surface area contributed by atoms with E-state index in [1.807, 2.05) is 20.2 Å². The van der Waals surface area contributed by atoms with Crippen molar-refractivity contribution >= 4 is 18.0 Å². The first-order valence-electron chi connectivity index (χ1n) is 4.53. The highest BCUT2D eigenvalue weighted by Gasteiger charge is 2.09. The van der Waals surface area contributed by atoms with Crippen LogP contribution in [0.15, 0.2) is 29.3 Å². The highest BCUT2D eigenvalue weighted by atomic mass is 16.5. The van der Waals surface area contributed by atoms with E-state index in [4.69, 9.17) is 0 Å². The highest BCUT2D eigenvalue weighted by Crippen LogP contribution is 2.18. The predicted molar refractivity (Wildman–Crippen MR) is 59.6 cm³/mol. The summed E-state index contributed by atoms with van der Waals surface area (Å²) in [5.41, 5.74) is 1.08. The molecule has 15 heavy (non-hydrogen) atoms. The van der Waals surface area contributed by atoms with E-state index < -0.39 is 0 Å². The summed E-state index contributed by atoms with van der Waals surface area (Å²) in [6, 6.07) is 7.07. The maximum absolute atomic E-state index is 11.4. The molecule has 0 saturated heterocycles. The molecule has 1 aromatic carbocycles. The lowest BCUT2D eigenvalue weighted by molar-refractivity contribution is 0.0601. The van der Waals surface area contributed by atoms with Gasteiger partial charge in [0.2, 0.25) is 0 Å². The van der Waals surface area contributed by atoms with Gasteiger partial charge in [0.25, 0.3) is 0 Å². The first-order valence-corrected chi connectivity index (χ1v) is 4.53. The fourth-order valence-corrected chi connectivity index (χ4v) is 1.05. The average Bonchev–Trinajstić information content (AvgIpc) is 2.25. The van der Waals surface area contributed by atoms with Crippen LogP contribution in [0.25, 0.3) is 0 Å². The molecule has 0 aliphatic heterocycles. The molecule has 0 aromatic heterocycles. The standard InChI is InChI=1S/C11H14N2O2/c1-13(2)8-12-10-7-5-4-6-9(10)11(14)15-3/h4-8H,1-3H3/b12-8+. The Labute approximate surface area is 89.2 Å². The van der Waals surface area contributed by atoms with Gasteiger partial charge < -0.3 is 9.64 Å². The summed E-state index contributed by atoms with van der Waals surface area (Å²) in [5.74, 6) is -0.374. The summed E-state index contributed by atoms with van der Waals surface area (Å²) in [6.07, 6.45) is 1.64. The third kappa shape index (κ3) is 3.09. The van der Waals surface area contributed by atoms with Gasteiger partial charge in [0.05, 0.1) is 24.7 Å². The second-order valence-corrected chi connectivity index (χ2v) is 3.22. The molecule has 80 valence electrons. The largest absolute Gasteiger partial charge is 0.465 e. The second kappa shape index (κ2) is 5.14. The van der Waals surface area contributed by atoms with Gasteiger partial charge in [-0.3, -0.25) is 0 Å². The number of esters is 1. The first-order chi connectivity index (χ1) is 7.15. The number of para-hydroxylation sites is 1. The topological polar surface area (TPSA) is 41.9 Å². The summed E-state index contributed by atoms with van der Waals surface area (Å²) in [6.45, 7) is 0. The number of rotatable bonds is 3. The number of methoxy groups -OCH3 is 1. The molecule has 0 aliphatic rings. The van der Waals surface area contributed by atoms with E-state index in [2.05, 4.69) is 9.73 Å². The van der Waals surface area contributed by atoms with Gasteiger partial charge in [-0.1, -0.05) is 12.1 Å². The fraction of sp³-hybridized carbons (Fsp3) is 0.273. The molecule has 4 heteroatoms. The lowest BCUT2D eigenvalue weighted by atomic mass is 10.2. The Hall–Kier alpha value is -1.84. The van der Waals surface area contributed by atoms with Gasteiger partial charge in [-0.05, 0) is 12.1 Å². The van der Waals surface area contributed by atoms with Crippen LogP contribution in [0.2, 0.25) is 0 Å².